The highest BCUT2D eigenvalue weighted by Crippen LogP contribution is 2.42. The van der Waals surface area contributed by atoms with Gasteiger partial charge in [-0.2, -0.15) is 13.8 Å². The highest BCUT2D eigenvalue weighted by molar-refractivity contribution is 6.05. The number of aromatic nitrogens is 2. The number of carbonyl (C=O) groups excluding carboxylic acids is 1. The minimum absolute atomic E-state index is 0.0996. The molecule has 0 spiro atoms. The minimum atomic E-state index is -3.87. The van der Waals surface area contributed by atoms with Gasteiger partial charge in [-0.05, 0) is 24.1 Å². The van der Waals surface area contributed by atoms with Gasteiger partial charge in [0.05, 0.1) is 12.5 Å². The molecule has 3 rings (SSSR count). The van der Waals surface area contributed by atoms with Crippen molar-refractivity contribution in [2.75, 3.05) is 11.9 Å². The number of aliphatic carboxylic acids is 1. The number of carboxylic acid groups (broad SMARTS) is 1. The van der Waals surface area contributed by atoms with E-state index in [2.05, 4.69) is 17.2 Å². The van der Waals surface area contributed by atoms with Crippen LogP contribution < -0.4 is 11.0 Å². The molecule has 4 N–H and O–H groups in total. The van der Waals surface area contributed by atoms with Crippen LogP contribution in [0.25, 0.3) is 0 Å². The van der Waals surface area contributed by atoms with Crippen LogP contribution in [-0.4, -0.2) is 61.5 Å². The number of hydrogen-bond donors (Lipinski definition) is 4. The zero-order valence-electron chi connectivity index (χ0n) is 23.9. The largest absolute Gasteiger partial charge is 0.481 e. The monoisotopic (exact) mass is 593 g/mol. The van der Waals surface area contributed by atoms with Crippen molar-refractivity contribution in [3.63, 3.8) is 0 Å². The first-order valence-electron chi connectivity index (χ1n) is 14.7. The molecule has 42 heavy (non-hydrogen) atoms. The number of aliphatic hydroxyl groups is 2. The quantitative estimate of drug-likeness (QED) is 0.190. The maximum atomic E-state index is 14.4. The van der Waals surface area contributed by atoms with Crippen LogP contribution in [0.4, 0.5) is 14.6 Å². The first-order chi connectivity index (χ1) is 20.1. The third kappa shape index (κ3) is 8.42. The maximum Gasteiger partial charge on any atom is 0.351 e. The summed E-state index contributed by atoms with van der Waals surface area (Å²) in [5, 5.41) is 31.3. The SMILES string of the molecule is CCCCCCCCCCCCC(C(=O)O)c1ccccc1C(=O)Nc1ccn(C2OC(CO)C(O)C2(F)F)c(=O)n1. The molecule has 1 amide bonds. The lowest BCUT2D eigenvalue weighted by Gasteiger charge is -2.21. The summed E-state index contributed by atoms with van der Waals surface area (Å²) in [6, 6.07) is 7.40. The lowest BCUT2D eigenvalue weighted by Crippen LogP contribution is -2.41. The molecule has 2 aromatic rings. The van der Waals surface area contributed by atoms with Crippen LogP contribution in [0.3, 0.4) is 0 Å². The van der Waals surface area contributed by atoms with Crippen molar-refractivity contribution < 1.29 is 38.4 Å². The van der Waals surface area contributed by atoms with Crippen molar-refractivity contribution in [2.45, 2.75) is 108 Å². The Labute approximate surface area is 243 Å². The lowest BCUT2D eigenvalue weighted by molar-refractivity contribution is -0.141. The van der Waals surface area contributed by atoms with Crippen molar-refractivity contribution in [3.8, 4) is 0 Å². The van der Waals surface area contributed by atoms with Crippen LogP contribution in [0.15, 0.2) is 41.3 Å². The van der Waals surface area contributed by atoms with Crippen LogP contribution in [0, 0.1) is 0 Å². The van der Waals surface area contributed by atoms with E-state index in [0.29, 0.717) is 23.0 Å². The Balaban J connectivity index is 1.62. The second-order valence-corrected chi connectivity index (χ2v) is 10.7. The number of alkyl halides is 2. The number of ether oxygens (including phenoxy) is 1. The van der Waals surface area contributed by atoms with E-state index in [4.69, 9.17) is 9.84 Å². The van der Waals surface area contributed by atoms with E-state index in [9.17, 15) is 33.4 Å². The lowest BCUT2D eigenvalue weighted by atomic mass is 9.89. The summed E-state index contributed by atoms with van der Waals surface area (Å²) >= 11 is 0. The molecule has 4 atom stereocenters. The van der Waals surface area contributed by atoms with Gasteiger partial charge in [0.15, 0.2) is 6.10 Å². The molecule has 1 aromatic heterocycles. The van der Waals surface area contributed by atoms with E-state index in [0.717, 1.165) is 31.5 Å². The molecule has 2 heterocycles. The number of nitrogens with zero attached hydrogens (tertiary/aromatic N) is 2. The third-order valence-electron chi connectivity index (χ3n) is 7.61. The normalized spacial score (nSPS) is 20.4. The molecule has 1 aliphatic heterocycles. The van der Waals surface area contributed by atoms with Gasteiger partial charge < -0.3 is 25.4 Å². The Morgan fingerprint density at radius 1 is 1.05 bits per heavy atom. The number of unbranched alkanes of at least 4 members (excludes halogenated alkanes) is 9. The standard InChI is InChI=1S/C30H41F2N3O7/c1-2-3-4-5-6-7-8-9-10-11-16-22(27(39)40)20-14-12-13-15-21(20)26(38)33-24-17-18-35(29(41)34-24)28-30(31,32)25(37)23(19-36)42-28/h12-15,17-18,22-23,25,28,36-37H,2-11,16,19H2,1H3,(H,39,40)(H,33,34,38,41). The smallest absolute Gasteiger partial charge is 0.351 e. The molecule has 0 radical (unpaired) electrons. The van der Waals surface area contributed by atoms with Crippen molar-refractivity contribution >= 4 is 17.7 Å². The average Bonchev–Trinajstić information content (AvgIpc) is 3.19. The number of anilines is 1. The number of benzene rings is 1. The molecule has 1 fully saturated rings. The second-order valence-electron chi connectivity index (χ2n) is 10.7. The summed E-state index contributed by atoms with van der Waals surface area (Å²) in [5.41, 5.74) is -0.752. The van der Waals surface area contributed by atoms with E-state index < -0.39 is 54.4 Å². The van der Waals surface area contributed by atoms with Gasteiger partial charge in [-0.15, -0.1) is 0 Å². The highest BCUT2D eigenvalue weighted by atomic mass is 19.3. The second kappa shape index (κ2) is 15.9. The van der Waals surface area contributed by atoms with Crippen molar-refractivity contribution in [1.82, 2.24) is 9.55 Å². The molecule has 0 saturated carbocycles. The van der Waals surface area contributed by atoms with Crippen LogP contribution >= 0.6 is 0 Å². The van der Waals surface area contributed by atoms with Crippen LogP contribution in [0.1, 0.15) is 106 Å². The molecule has 1 saturated heterocycles. The Morgan fingerprint density at radius 3 is 2.24 bits per heavy atom. The van der Waals surface area contributed by atoms with Crippen LogP contribution in [-0.2, 0) is 9.53 Å². The van der Waals surface area contributed by atoms with Gasteiger partial charge in [-0.3, -0.25) is 14.2 Å². The Kier molecular flexibility index (Phi) is 12.6. The summed E-state index contributed by atoms with van der Waals surface area (Å²) in [7, 11) is 0. The Morgan fingerprint density at radius 2 is 1.67 bits per heavy atom. The minimum Gasteiger partial charge on any atom is -0.481 e. The summed E-state index contributed by atoms with van der Waals surface area (Å²) in [4.78, 5) is 41.5. The molecule has 4 unspecified atom stereocenters. The van der Waals surface area contributed by atoms with Gasteiger partial charge >= 0.3 is 17.6 Å². The van der Waals surface area contributed by atoms with Gasteiger partial charge in [0.2, 0.25) is 6.23 Å². The van der Waals surface area contributed by atoms with Gasteiger partial charge in [0.1, 0.15) is 11.9 Å². The zero-order valence-corrected chi connectivity index (χ0v) is 23.9. The van der Waals surface area contributed by atoms with Crippen molar-refractivity contribution in [3.05, 3.63) is 58.1 Å². The number of nitrogens with one attached hydrogen (secondary N) is 1. The maximum absolute atomic E-state index is 14.4. The van der Waals surface area contributed by atoms with E-state index in [1.807, 2.05) is 0 Å². The van der Waals surface area contributed by atoms with Crippen molar-refractivity contribution in [1.29, 1.82) is 0 Å². The first kappa shape index (κ1) is 33.3. The van der Waals surface area contributed by atoms with E-state index in [1.165, 1.54) is 44.6 Å². The summed E-state index contributed by atoms with van der Waals surface area (Å²) in [5.74, 6) is -6.77. The number of rotatable bonds is 17. The number of carbonyl (C=O) groups is 2. The van der Waals surface area contributed by atoms with Gasteiger partial charge in [-0.1, -0.05) is 89.3 Å². The summed E-state index contributed by atoms with van der Waals surface area (Å²) < 4.78 is 34.3. The number of carboxylic acids is 1. The summed E-state index contributed by atoms with van der Waals surface area (Å²) in [6.07, 6.45) is 6.34. The molecule has 0 bridgehead atoms. The molecular formula is C30H41F2N3O7. The first-order valence-corrected chi connectivity index (χ1v) is 14.7. The van der Waals surface area contributed by atoms with E-state index in [-0.39, 0.29) is 11.4 Å². The number of amides is 1. The molecule has 1 aromatic carbocycles. The topological polar surface area (TPSA) is 151 Å². The fourth-order valence-corrected chi connectivity index (χ4v) is 5.22. The van der Waals surface area contributed by atoms with Gasteiger partial charge in [0.25, 0.3) is 5.91 Å². The predicted octanol–water partition coefficient (Wildman–Crippen LogP) is 4.86. The highest BCUT2D eigenvalue weighted by Gasteiger charge is 2.59. The van der Waals surface area contributed by atoms with E-state index >= 15 is 0 Å². The predicted molar refractivity (Wildman–Crippen MR) is 152 cm³/mol. The molecule has 0 aliphatic carbocycles. The van der Waals surface area contributed by atoms with Crippen molar-refractivity contribution in [2.24, 2.45) is 0 Å². The Bertz CT molecular complexity index is 1240. The average molecular weight is 594 g/mol. The number of aliphatic hydroxyl groups excluding tert-OH is 2. The zero-order chi connectivity index (χ0) is 30.7. The molecule has 1 aliphatic rings. The van der Waals surface area contributed by atoms with Gasteiger partial charge in [-0.25, -0.2) is 4.79 Å². The molecule has 12 heteroatoms. The number of hydrogen-bond acceptors (Lipinski definition) is 7. The van der Waals surface area contributed by atoms with Crippen LogP contribution in [0.2, 0.25) is 0 Å². The van der Waals surface area contributed by atoms with Crippen LogP contribution in [0.5, 0.6) is 0 Å². The summed E-state index contributed by atoms with van der Waals surface area (Å²) in [6.45, 7) is 1.32. The Hall–Kier alpha value is -3.22. The van der Waals surface area contributed by atoms with E-state index in [1.54, 1.807) is 18.2 Å². The fourth-order valence-electron chi connectivity index (χ4n) is 5.22. The third-order valence-corrected chi connectivity index (χ3v) is 7.61. The van der Waals surface area contributed by atoms with Gasteiger partial charge in [0, 0.05) is 11.8 Å². The molecular weight excluding hydrogens is 552 g/mol. The number of halogens is 2. The fraction of sp³-hybridized carbons (Fsp3) is 0.600. The molecule has 232 valence electrons. The molecule has 10 nitrogen and oxygen atoms in total.